The van der Waals surface area contributed by atoms with E-state index in [0.29, 0.717) is 0 Å². The Morgan fingerprint density at radius 3 is 1.82 bits per heavy atom. The average Bonchev–Trinajstić information content (AvgIpc) is 2.30. The molecule has 0 atom stereocenters. The Kier molecular flexibility index (Phi) is 2.10. The van der Waals surface area contributed by atoms with Crippen LogP contribution in [0.4, 0.5) is 0 Å². The standard InChI is InChI=1S/C11H10O6/c1-3-4-2-5(12)8(14)9(15)6(4)10(16)11(17)7(3)13/h2,12-17H,1H3. The first kappa shape index (κ1) is 11.0. The molecule has 0 aliphatic carbocycles. The van der Waals surface area contributed by atoms with Gasteiger partial charge in [0.1, 0.15) is 0 Å². The summed E-state index contributed by atoms with van der Waals surface area (Å²) in [6.07, 6.45) is 0. The van der Waals surface area contributed by atoms with Crippen LogP contribution >= 0.6 is 0 Å². The summed E-state index contributed by atoms with van der Waals surface area (Å²) in [4.78, 5) is 0. The van der Waals surface area contributed by atoms with Crippen molar-refractivity contribution in [2.24, 2.45) is 0 Å². The number of aryl methyl sites for hydroxylation is 1. The summed E-state index contributed by atoms with van der Waals surface area (Å²) in [5, 5.41) is 56.6. The lowest BCUT2D eigenvalue weighted by atomic mass is 10.0. The molecule has 0 aliphatic heterocycles. The molecule has 90 valence electrons. The van der Waals surface area contributed by atoms with Crippen LogP contribution in [0, 0.1) is 6.92 Å². The predicted octanol–water partition coefficient (Wildman–Crippen LogP) is 1.38. The van der Waals surface area contributed by atoms with E-state index in [1.54, 1.807) is 0 Å². The van der Waals surface area contributed by atoms with E-state index in [4.69, 9.17) is 0 Å². The first-order valence-corrected chi connectivity index (χ1v) is 4.67. The fraction of sp³-hybridized carbons (Fsp3) is 0.0909. The normalized spacial score (nSPS) is 10.9. The van der Waals surface area contributed by atoms with Gasteiger partial charge in [0.25, 0.3) is 0 Å². The Morgan fingerprint density at radius 2 is 1.24 bits per heavy atom. The van der Waals surface area contributed by atoms with E-state index in [1.807, 2.05) is 0 Å². The van der Waals surface area contributed by atoms with Gasteiger partial charge in [-0.05, 0) is 18.4 Å². The number of hydrogen-bond donors (Lipinski definition) is 6. The third kappa shape index (κ3) is 1.27. The van der Waals surface area contributed by atoms with Crippen molar-refractivity contribution < 1.29 is 30.6 Å². The van der Waals surface area contributed by atoms with Gasteiger partial charge in [-0.1, -0.05) is 0 Å². The number of fused-ring (bicyclic) bond motifs is 1. The van der Waals surface area contributed by atoms with Crippen molar-refractivity contribution in [3.63, 3.8) is 0 Å². The number of aromatic hydroxyl groups is 6. The van der Waals surface area contributed by atoms with Crippen LogP contribution in [0.3, 0.4) is 0 Å². The predicted molar refractivity (Wildman–Crippen MR) is 58.7 cm³/mol. The zero-order valence-electron chi connectivity index (χ0n) is 8.76. The fourth-order valence-electron chi connectivity index (χ4n) is 1.72. The molecule has 0 bridgehead atoms. The van der Waals surface area contributed by atoms with Crippen molar-refractivity contribution in [2.45, 2.75) is 6.92 Å². The van der Waals surface area contributed by atoms with Gasteiger partial charge in [-0.15, -0.1) is 0 Å². The largest absolute Gasteiger partial charge is 0.504 e. The summed E-state index contributed by atoms with van der Waals surface area (Å²) < 4.78 is 0. The van der Waals surface area contributed by atoms with Gasteiger partial charge in [0, 0.05) is 5.56 Å². The maximum Gasteiger partial charge on any atom is 0.201 e. The van der Waals surface area contributed by atoms with Crippen LogP contribution in [0.1, 0.15) is 5.56 Å². The number of rotatable bonds is 0. The maximum atomic E-state index is 9.60. The highest BCUT2D eigenvalue weighted by Gasteiger charge is 2.22. The molecular formula is C11H10O6. The number of phenolic OH excluding ortho intramolecular Hbond substituents is 6. The lowest BCUT2D eigenvalue weighted by Gasteiger charge is -2.12. The molecule has 0 aliphatic rings. The first-order chi connectivity index (χ1) is 7.86. The third-order valence-electron chi connectivity index (χ3n) is 2.70. The van der Waals surface area contributed by atoms with Crippen LogP contribution in [-0.4, -0.2) is 30.6 Å². The molecule has 2 rings (SSSR count). The Morgan fingerprint density at radius 1 is 0.706 bits per heavy atom. The molecular weight excluding hydrogens is 228 g/mol. The van der Waals surface area contributed by atoms with Gasteiger partial charge in [-0.2, -0.15) is 0 Å². The van der Waals surface area contributed by atoms with Crippen LogP contribution in [0.2, 0.25) is 0 Å². The van der Waals surface area contributed by atoms with Crippen molar-refractivity contribution in [1.29, 1.82) is 0 Å². The quantitative estimate of drug-likeness (QED) is 0.385. The van der Waals surface area contributed by atoms with E-state index in [1.165, 1.54) is 6.92 Å². The first-order valence-electron chi connectivity index (χ1n) is 4.67. The smallest absolute Gasteiger partial charge is 0.201 e. The molecule has 2 aromatic carbocycles. The van der Waals surface area contributed by atoms with Gasteiger partial charge in [0.05, 0.1) is 5.39 Å². The SMILES string of the molecule is Cc1c(O)c(O)c(O)c2c(O)c(O)c(O)cc12. The Bertz CT molecular complexity index is 624. The monoisotopic (exact) mass is 238 g/mol. The molecule has 6 N–H and O–H groups in total. The summed E-state index contributed by atoms with van der Waals surface area (Å²) in [5.41, 5.74) is 0.154. The van der Waals surface area contributed by atoms with Crippen molar-refractivity contribution in [1.82, 2.24) is 0 Å². The highest BCUT2D eigenvalue weighted by atomic mass is 16.3. The lowest BCUT2D eigenvalue weighted by Crippen LogP contribution is -1.85. The van der Waals surface area contributed by atoms with Crippen LogP contribution in [0.5, 0.6) is 34.5 Å². The molecule has 0 unspecified atom stereocenters. The second-order valence-corrected chi connectivity index (χ2v) is 3.69. The van der Waals surface area contributed by atoms with Crippen LogP contribution in [0.15, 0.2) is 6.07 Å². The summed E-state index contributed by atoms with van der Waals surface area (Å²) in [7, 11) is 0. The number of hydrogen-bond acceptors (Lipinski definition) is 6. The van der Waals surface area contributed by atoms with E-state index in [0.717, 1.165) is 6.07 Å². The zero-order chi connectivity index (χ0) is 12.9. The molecule has 6 heteroatoms. The summed E-state index contributed by atoms with van der Waals surface area (Å²) in [6, 6.07) is 1.07. The van der Waals surface area contributed by atoms with Gasteiger partial charge < -0.3 is 30.6 Å². The van der Waals surface area contributed by atoms with Gasteiger partial charge >= 0.3 is 0 Å². The van der Waals surface area contributed by atoms with Crippen molar-refractivity contribution in [3.05, 3.63) is 11.6 Å². The lowest BCUT2D eigenvalue weighted by molar-refractivity contribution is 0.361. The minimum Gasteiger partial charge on any atom is -0.504 e. The number of benzene rings is 2. The zero-order valence-corrected chi connectivity index (χ0v) is 8.76. The number of phenols is 6. The molecule has 0 fully saturated rings. The van der Waals surface area contributed by atoms with E-state index in [2.05, 4.69) is 0 Å². The van der Waals surface area contributed by atoms with Crippen LogP contribution in [-0.2, 0) is 0 Å². The van der Waals surface area contributed by atoms with E-state index in [9.17, 15) is 30.6 Å². The van der Waals surface area contributed by atoms with Gasteiger partial charge in [-0.3, -0.25) is 0 Å². The van der Waals surface area contributed by atoms with Gasteiger partial charge in [-0.25, -0.2) is 0 Å². The Hall–Kier alpha value is -2.50. The van der Waals surface area contributed by atoms with Crippen molar-refractivity contribution in [3.8, 4) is 34.5 Å². The molecule has 0 saturated carbocycles. The minimum atomic E-state index is -0.808. The summed E-state index contributed by atoms with van der Waals surface area (Å²) in [5.74, 6) is -4.29. The van der Waals surface area contributed by atoms with Crippen LogP contribution < -0.4 is 0 Å². The Balaban J connectivity index is 3.12. The second kappa shape index (κ2) is 3.24. The topological polar surface area (TPSA) is 121 Å². The second-order valence-electron chi connectivity index (χ2n) is 3.69. The summed E-state index contributed by atoms with van der Waals surface area (Å²) in [6.45, 7) is 1.42. The minimum absolute atomic E-state index is 0.116. The molecule has 0 aromatic heterocycles. The highest BCUT2D eigenvalue weighted by molar-refractivity contribution is 6.02. The fourth-order valence-corrected chi connectivity index (χ4v) is 1.72. The van der Waals surface area contributed by atoms with Crippen molar-refractivity contribution in [2.75, 3.05) is 0 Å². The van der Waals surface area contributed by atoms with Crippen molar-refractivity contribution >= 4 is 10.8 Å². The highest BCUT2D eigenvalue weighted by Crippen LogP contribution is 2.52. The maximum absolute atomic E-state index is 9.60. The molecule has 0 saturated heterocycles. The molecule has 0 heterocycles. The summed E-state index contributed by atoms with van der Waals surface area (Å²) >= 11 is 0. The molecule has 6 nitrogen and oxygen atoms in total. The molecule has 0 spiro atoms. The molecule has 0 radical (unpaired) electrons. The van der Waals surface area contributed by atoms with Gasteiger partial charge in [0.15, 0.2) is 23.0 Å². The molecule has 0 amide bonds. The van der Waals surface area contributed by atoms with Crippen LogP contribution in [0.25, 0.3) is 10.8 Å². The van der Waals surface area contributed by atoms with E-state index >= 15 is 0 Å². The Labute approximate surface area is 95.2 Å². The average molecular weight is 238 g/mol. The molecule has 2 aromatic rings. The van der Waals surface area contributed by atoms with E-state index < -0.39 is 34.5 Å². The third-order valence-corrected chi connectivity index (χ3v) is 2.70. The van der Waals surface area contributed by atoms with E-state index in [-0.39, 0.29) is 16.3 Å². The van der Waals surface area contributed by atoms with Gasteiger partial charge in [0.2, 0.25) is 11.5 Å². The molecule has 17 heavy (non-hydrogen) atoms.